The van der Waals surface area contributed by atoms with Crippen molar-refractivity contribution in [2.45, 2.75) is 12.5 Å². The van der Waals surface area contributed by atoms with Gasteiger partial charge in [0.25, 0.3) is 0 Å². The molecule has 2 aromatic rings. The third-order valence-corrected chi connectivity index (χ3v) is 3.75. The maximum absolute atomic E-state index is 6.20. The molecule has 0 saturated carbocycles. The number of nitrogen functional groups attached to an aromatic ring is 1. The quantitative estimate of drug-likeness (QED) is 0.859. The predicted molar refractivity (Wildman–Crippen MR) is 73.9 cm³/mol. The average molecular weight is 245 g/mol. The van der Waals surface area contributed by atoms with Crippen LogP contribution in [0, 0.1) is 0 Å². The fraction of sp³-hybridized carbons (Fsp3) is 0.462. The summed E-state index contributed by atoms with van der Waals surface area (Å²) >= 11 is 0. The molecule has 2 aromatic heterocycles. The van der Waals surface area contributed by atoms with Gasteiger partial charge in [-0.15, -0.1) is 5.10 Å². The number of rotatable bonds is 2. The van der Waals surface area contributed by atoms with Crippen molar-refractivity contribution in [2.24, 2.45) is 0 Å². The molecule has 3 heterocycles. The van der Waals surface area contributed by atoms with E-state index in [9.17, 15) is 0 Å². The van der Waals surface area contributed by atoms with Gasteiger partial charge < -0.3 is 15.5 Å². The second-order valence-electron chi connectivity index (χ2n) is 5.12. The number of likely N-dealkylation sites (N-methyl/N-ethyl adjacent to an activating group) is 1. The first kappa shape index (κ1) is 11.3. The van der Waals surface area contributed by atoms with Gasteiger partial charge in [-0.2, -0.15) is 0 Å². The summed E-state index contributed by atoms with van der Waals surface area (Å²) in [6.45, 7) is 2.03. The van der Waals surface area contributed by atoms with Crippen LogP contribution < -0.4 is 10.6 Å². The summed E-state index contributed by atoms with van der Waals surface area (Å²) in [6, 6.07) is 6.56. The zero-order valence-corrected chi connectivity index (χ0v) is 10.9. The minimum absolute atomic E-state index is 0.592. The maximum atomic E-state index is 6.20. The zero-order chi connectivity index (χ0) is 12.7. The van der Waals surface area contributed by atoms with E-state index in [0.717, 1.165) is 30.1 Å². The lowest BCUT2D eigenvalue weighted by atomic mass is 10.2. The van der Waals surface area contributed by atoms with Crippen LogP contribution in [0.4, 0.5) is 11.5 Å². The van der Waals surface area contributed by atoms with Gasteiger partial charge in [0.2, 0.25) is 0 Å². The Kier molecular flexibility index (Phi) is 2.63. The lowest BCUT2D eigenvalue weighted by molar-refractivity contribution is 0.315. The lowest BCUT2D eigenvalue weighted by Gasteiger charge is -2.20. The fourth-order valence-corrected chi connectivity index (χ4v) is 2.59. The standard InChI is InChI=1S/C13H19N5/c1-16(2)10-6-8-17(9-10)13-12(14)11-5-3-4-7-18(11)15-13/h3-5,7,10H,6,8-9,14H2,1-2H3. The Morgan fingerprint density at radius 3 is 2.89 bits per heavy atom. The lowest BCUT2D eigenvalue weighted by Crippen LogP contribution is -2.31. The van der Waals surface area contributed by atoms with E-state index in [1.54, 1.807) is 0 Å². The van der Waals surface area contributed by atoms with Crippen LogP contribution in [0.25, 0.3) is 5.52 Å². The highest BCUT2D eigenvalue weighted by molar-refractivity contribution is 5.81. The molecular weight excluding hydrogens is 226 g/mol. The molecule has 96 valence electrons. The zero-order valence-electron chi connectivity index (χ0n) is 10.9. The van der Waals surface area contributed by atoms with Crippen molar-refractivity contribution in [1.82, 2.24) is 14.5 Å². The summed E-state index contributed by atoms with van der Waals surface area (Å²) in [5.41, 5.74) is 7.98. The topological polar surface area (TPSA) is 49.8 Å². The average Bonchev–Trinajstić information content (AvgIpc) is 2.95. The Morgan fingerprint density at radius 1 is 1.39 bits per heavy atom. The summed E-state index contributed by atoms with van der Waals surface area (Å²) in [7, 11) is 4.25. The van der Waals surface area contributed by atoms with Gasteiger partial charge in [-0.3, -0.25) is 0 Å². The first-order valence-electron chi connectivity index (χ1n) is 6.31. The molecule has 0 spiro atoms. The maximum Gasteiger partial charge on any atom is 0.175 e. The summed E-state index contributed by atoms with van der Waals surface area (Å²) in [4.78, 5) is 4.55. The molecule has 1 unspecified atom stereocenters. The van der Waals surface area contributed by atoms with Crippen LogP contribution in [-0.2, 0) is 0 Å². The fourth-order valence-electron chi connectivity index (χ4n) is 2.59. The van der Waals surface area contributed by atoms with Gasteiger partial charge in [-0.05, 0) is 32.6 Å². The first-order valence-corrected chi connectivity index (χ1v) is 6.31. The molecule has 2 N–H and O–H groups in total. The molecule has 1 aliphatic rings. The summed E-state index contributed by atoms with van der Waals surface area (Å²) in [5.74, 6) is 0.922. The molecule has 0 aliphatic carbocycles. The predicted octanol–water partition coefficient (Wildman–Crippen LogP) is 1.06. The number of hydrogen-bond acceptors (Lipinski definition) is 4. The molecule has 18 heavy (non-hydrogen) atoms. The highest BCUT2D eigenvalue weighted by Gasteiger charge is 2.27. The number of fused-ring (bicyclic) bond motifs is 1. The molecule has 0 amide bonds. The van der Waals surface area contributed by atoms with Crippen molar-refractivity contribution < 1.29 is 0 Å². The molecular formula is C13H19N5. The number of aromatic nitrogens is 2. The van der Waals surface area contributed by atoms with Crippen LogP contribution in [0.1, 0.15) is 6.42 Å². The molecule has 0 aromatic carbocycles. The van der Waals surface area contributed by atoms with Crippen molar-refractivity contribution >= 4 is 17.0 Å². The molecule has 1 fully saturated rings. The normalized spacial score (nSPS) is 20.2. The number of nitrogens with two attached hydrogens (primary N) is 1. The van der Waals surface area contributed by atoms with E-state index in [-0.39, 0.29) is 0 Å². The summed E-state index contributed by atoms with van der Waals surface area (Å²) in [6.07, 6.45) is 3.11. The largest absolute Gasteiger partial charge is 0.394 e. The minimum Gasteiger partial charge on any atom is -0.394 e. The molecule has 1 saturated heterocycles. The van der Waals surface area contributed by atoms with E-state index in [0.29, 0.717) is 6.04 Å². The molecule has 1 aliphatic heterocycles. The summed E-state index contributed by atoms with van der Waals surface area (Å²) < 4.78 is 1.85. The van der Waals surface area contributed by atoms with Gasteiger partial charge in [0.05, 0.1) is 5.52 Å². The van der Waals surface area contributed by atoms with Crippen molar-refractivity contribution in [3.63, 3.8) is 0 Å². The summed E-state index contributed by atoms with van der Waals surface area (Å²) in [5, 5.41) is 4.59. The van der Waals surface area contributed by atoms with Crippen LogP contribution in [0.15, 0.2) is 24.4 Å². The number of nitrogens with zero attached hydrogens (tertiary/aromatic N) is 4. The van der Waals surface area contributed by atoms with Gasteiger partial charge in [-0.1, -0.05) is 6.07 Å². The highest BCUT2D eigenvalue weighted by Crippen LogP contribution is 2.29. The molecule has 3 rings (SSSR count). The Morgan fingerprint density at radius 2 is 2.22 bits per heavy atom. The SMILES string of the molecule is CN(C)C1CCN(c2nn3ccccc3c2N)C1. The van der Waals surface area contributed by atoms with Crippen LogP contribution in [0.2, 0.25) is 0 Å². The van der Waals surface area contributed by atoms with Gasteiger partial charge >= 0.3 is 0 Å². The highest BCUT2D eigenvalue weighted by atomic mass is 15.4. The van der Waals surface area contributed by atoms with E-state index in [4.69, 9.17) is 5.73 Å². The number of anilines is 2. The smallest absolute Gasteiger partial charge is 0.175 e. The Bertz CT molecular complexity index is 560. The van der Waals surface area contributed by atoms with E-state index in [2.05, 4.69) is 29.0 Å². The van der Waals surface area contributed by atoms with Crippen molar-refractivity contribution in [3.05, 3.63) is 24.4 Å². The van der Waals surface area contributed by atoms with Crippen LogP contribution >= 0.6 is 0 Å². The minimum atomic E-state index is 0.592. The molecule has 5 heteroatoms. The second-order valence-corrected chi connectivity index (χ2v) is 5.12. The van der Waals surface area contributed by atoms with E-state index < -0.39 is 0 Å². The van der Waals surface area contributed by atoms with Gasteiger partial charge in [0, 0.05) is 25.3 Å². The molecule has 0 bridgehead atoms. The third-order valence-electron chi connectivity index (χ3n) is 3.75. The van der Waals surface area contributed by atoms with E-state index in [1.807, 2.05) is 28.9 Å². The Balaban J connectivity index is 1.93. The molecule has 0 radical (unpaired) electrons. The first-order chi connectivity index (χ1) is 8.66. The Labute approximate surface area is 107 Å². The van der Waals surface area contributed by atoms with E-state index >= 15 is 0 Å². The number of hydrogen-bond donors (Lipinski definition) is 1. The van der Waals surface area contributed by atoms with Crippen LogP contribution in [0.3, 0.4) is 0 Å². The van der Waals surface area contributed by atoms with Crippen molar-refractivity contribution in [1.29, 1.82) is 0 Å². The van der Waals surface area contributed by atoms with Gasteiger partial charge in [0.15, 0.2) is 5.82 Å². The third kappa shape index (κ3) is 1.71. The van der Waals surface area contributed by atoms with Crippen molar-refractivity contribution in [3.8, 4) is 0 Å². The van der Waals surface area contributed by atoms with Gasteiger partial charge in [-0.25, -0.2) is 4.52 Å². The van der Waals surface area contributed by atoms with Crippen LogP contribution in [-0.4, -0.2) is 47.7 Å². The van der Waals surface area contributed by atoms with Crippen molar-refractivity contribution in [2.75, 3.05) is 37.8 Å². The monoisotopic (exact) mass is 245 g/mol. The van der Waals surface area contributed by atoms with Gasteiger partial charge in [0.1, 0.15) is 5.69 Å². The Hall–Kier alpha value is -1.75. The van der Waals surface area contributed by atoms with E-state index in [1.165, 1.54) is 6.42 Å². The molecule has 1 atom stereocenters. The van der Waals surface area contributed by atoms with Crippen LogP contribution in [0.5, 0.6) is 0 Å². The second kappa shape index (κ2) is 4.17. The number of pyridine rings is 1. The molecule has 5 nitrogen and oxygen atoms in total.